The molecule has 3 N–H and O–H groups in total. The molecule has 0 aliphatic carbocycles. The van der Waals surface area contributed by atoms with Crippen LogP contribution in [0.1, 0.15) is 11.1 Å². The monoisotopic (exact) mass is 345 g/mol. The standard InChI is InChI=1S/C17H16NO5P/c19-16(20)10-14-13-8-4-5-9-15(13)18-17(14)23-24(21,22)11-12-6-2-1-3-7-12/h1-9,18H,10-11H2,(H,19,20)(H,21,22). The fourth-order valence-corrected chi connectivity index (χ4v) is 3.75. The lowest BCUT2D eigenvalue weighted by Crippen LogP contribution is -2.03. The number of aliphatic carboxylic acids is 1. The molecule has 0 fully saturated rings. The Balaban J connectivity index is 1.93. The van der Waals surface area contributed by atoms with E-state index in [2.05, 4.69) is 4.98 Å². The van der Waals surface area contributed by atoms with Crippen molar-refractivity contribution >= 4 is 24.5 Å². The van der Waals surface area contributed by atoms with Gasteiger partial charge in [0.1, 0.15) is 0 Å². The molecule has 0 saturated carbocycles. The first kappa shape index (κ1) is 16.3. The van der Waals surface area contributed by atoms with Gasteiger partial charge < -0.3 is 19.5 Å². The van der Waals surface area contributed by atoms with E-state index in [0.29, 0.717) is 22.0 Å². The molecule has 3 aromatic rings. The van der Waals surface area contributed by atoms with Gasteiger partial charge in [-0.3, -0.25) is 4.79 Å². The number of carboxylic acids is 1. The van der Waals surface area contributed by atoms with Gasteiger partial charge in [0.05, 0.1) is 12.6 Å². The largest absolute Gasteiger partial charge is 0.481 e. The predicted molar refractivity (Wildman–Crippen MR) is 90.2 cm³/mol. The number of hydrogen-bond donors (Lipinski definition) is 3. The lowest BCUT2D eigenvalue weighted by molar-refractivity contribution is -0.136. The fourth-order valence-electron chi connectivity index (χ4n) is 2.57. The van der Waals surface area contributed by atoms with Gasteiger partial charge in [0.2, 0.25) is 5.88 Å². The maximum Gasteiger partial charge on any atom is 0.382 e. The average Bonchev–Trinajstić information content (AvgIpc) is 2.84. The van der Waals surface area contributed by atoms with E-state index in [1.54, 1.807) is 48.5 Å². The molecule has 0 aliphatic heterocycles. The Labute approximate surface area is 138 Å². The van der Waals surface area contributed by atoms with Crippen LogP contribution in [0.4, 0.5) is 0 Å². The molecule has 1 atom stereocenters. The van der Waals surface area contributed by atoms with Crippen molar-refractivity contribution in [2.24, 2.45) is 0 Å². The van der Waals surface area contributed by atoms with E-state index >= 15 is 0 Å². The second-order valence-corrected chi connectivity index (χ2v) is 7.19. The zero-order valence-corrected chi connectivity index (χ0v) is 13.6. The topological polar surface area (TPSA) is 99.6 Å². The van der Waals surface area contributed by atoms with Crippen molar-refractivity contribution in [2.75, 3.05) is 0 Å². The Morgan fingerprint density at radius 1 is 1.08 bits per heavy atom. The summed E-state index contributed by atoms with van der Waals surface area (Å²) in [6, 6.07) is 15.9. The molecule has 124 valence electrons. The summed E-state index contributed by atoms with van der Waals surface area (Å²) in [7, 11) is -3.99. The number of fused-ring (bicyclic) bond motifs is 1. The van der Waals surface area contributed by atoms with Gasteiger partial charge in [-0.2, -0.15) is 0 Å². The maximum absolute atomic E-state index is 12.4. The third-order valence-electron chi connectivity index (χ3n) is 3.56. The molecule has 0 radical (unpaired) electrons. The molecule has 7 heteroatoms. The Hall–Kier alpha value is -2.56. The van der Waals surface area contributed by atoms with Gasteiger partial charge in [-0.05, 0) is 11.6 Å². The van der Waals surface area contributed by atoms with Gasteiger partial charge in [-0.25, -0.2) is 4.57 Å². The number of H-pyrrole nitrogens is 1. The molecule has 1 aromatic heterocycles. The van der Waals surface area contributed by atoms with Crippen LogP contribution in [-0.4, -0.2) is 21.0 Å². The molecule has 1 heterocycles. The minimum atomic E-state index is -3.99. The summed E-state index contributed by atoms with van der Waals surface area (Å²) in [4.78, 5) is 24.2. The Morgan fingerprint density at radius 2 is 1.75 bits per heavy atom. The number of aromatic nitrogens is 1. The smallest absolute Gasteiger partial charge is 0.382 e. The van der Waals surface area contributed by atoms with E-state index in [1.165, 1.54) is 0 Å². The van der Waals surface area contributed by atoms with Gasteiger partial charge in [-0.15, -0.1) is 0 Å². The van der Waals surface area contributed by atoms with Gasteiger partial charge in [0.15, 0.2) is 0 Å². The summed E-state index contributed by atoms with van der Waals surface area (Å²) in [6.07, 6.45) is -0.458. The van der Waals surface area contributed by atoms with Crippen LogP contribution in [0.5, 0.6) is 5.88 Å². The molecule has 0 saturated heterocycles. The van der Waals surface area contributed by atoms with Gasteiger partial charge in [0, 0.05) is 16.5 Å². The van der Waals surface area contributed by atoms with Crippen molar-refractivity contribution in [2.45, 2.75) is 12.6 Å². The molecule has 1 unspecified atom stereocenters. The van der Waals surface area contributed by atoms with E-state index in [1.807, 2.05) is 6.07 Å². The van der Waals surface area contributed by atoms with E-state index in [-0.39, 0.29) is 18.5 Å². The average molecular weight is 345 g/mol. The van der Waals surface area contributed by atoms with E-state index in [4.69, 9.17) is 9.63 Å². The highest BCUT2D eigenvalue weighted by molar-refractivity contribution is 7.52. The molecule has 0 amide bonds. The third kappa shape index (κ3) is 3.67. The summed E-state index contributed by atoms with van der Waals surface area (Å²) >= 11 is 0. The van der Waals surface area contributed by atoms with Gasteiger partial charge in [-0.1, -0.05) is 48.5 Å². The first-order valence-electron chi connectivity index (χ1n) is 7.31. The third-order valence-corrected chi connectivity index (χ3v) is 4.79. The number of benzene rings is 2. The van der Waals surface area contributed by atoms with Crippen LogP contribution in [0.2, 0.25) is 0 Å². The minimum absolute atomic E-state index is 0.0281. The van der Waals surface area contributed by atoms with Crippen LogP contribution in [-0.2, 0) is 21.9 Å². The highest BCUT2D eigenvalue weighted by atomic mass is 31.2. The highest BCUT2D eigenvalue weighted by Crippen LogP contribution is 2.47. The number of rotatable bonds is 6. The second-order valence-electron chi connectivity index (χ2n) is 5.42. The zero-order valence-electron chi connectivity index (χ0n) is 12.7. The van der Waals surface area contributed by atoms with Crippen molar-refractivity contribution in [3.05, 3.63) is 65.7 Å². The number of carbonyl (C=O) groups is 1. The van der Waals surface area contributed by atoms with Crippen molar-refractivity contribution in [3.8, 4) is 5.88 Å². The predicted octanol–water partition coefficient (Wildman–Crippen LogP) is 3.56. The summed E-state index contributed by atoms with van der Waals surface area (Å²) in [6.45, 7) is 0. The van der Waals surface area contributed by atoms with Crippen LogP contribution in [0, 0.1) is 0 Å². The first-order chi connectivity index (χ1) is 11.4. The summed E-state index contributed by atoms with van der Waals surface area (Å²) in [5, 5.41) is 9.76. The number of nitrogens with one attached hydrogen (secondary N) is 1. The maximum atomic E-state index is 12.4. The van der Waals surface area contributed by atoms with Crippen LogP contribution in [0.3, 0.4) is 0 Å². The van der Waals surface area contributed by atoms with Crippen LogP contribution in [0.25, 0.3) is 10.9 Å². The number of carboxylic acid groups (broad SMARTS) is 1. The van der Waals surface area contributed by atoms with Crippen molar-refractivity contribution < 1.29 is 23.9 Å². The summed E-state index contributed by atoms with van der Waals surface area (Å²) < 4.78 is 17.7. The summed E-state index contributed by atoms with van der Waals surface area (Å²) in [5.41, 5.74) is 1.68. The van der Waals surface area contributed by atoms with Crippen LogP contribution < -0.4 is 4.52 Å². The van der Waals surface area contributed by atoms with Gasteiger partial charge in [0.25, 0.3) is 0 Å². The number of aromatic amines is 1. The van der Waals surface area contributed by atoms with E-state index in [9.17, 15) is 14.3 Å². The molecule has 0 aliphatic rings. The first-order valence-corrected chi connectivity index (χ1v) is 9.07. The van der Waals surface area contributed by atoms with Gasteiger partial charge >= 0.3 is 13.6 Å². The van der Waals surface area contributed by atoms with E-state index in [0.717, 1.165) is 0 Å². The normalized spacial score (nSPS) is 13.5. The Morgan fingerprint density at radius 3 is 2.46 bits per heavy atom. The SMILES string of the molecule is O=C(O)Cc1c(OP(=O)(O)Cc2ccccc2)[nH]c2ccccc12. The fraction of sp³-hybridized carbons (Fsp3) is 0.118. The van der Waals surface area contributed by atoms with Crippen LogP contribution >= 0.6 is 7.60 Å². The Kier molecular flexibility index (Phi) is 4.42. The molecule has 2 aromatic carbocycles. The lowest BCUT2D eigenvalue weighted by atomic mass is 10.1. The highest BCUT2D eigenvalue weighted by Gasteiger charge is 2.26. The second kappa shape index (κ2) is 6.51. The number of hydrogen-bond acceptors (Lipinski definition) is 3. The lowest BCUT2D eigenvalue weighted by Gasteiger charge is -2.13. The van der Waals surface area contributed by atoms with Crippen molar-refractivity contribution in [1.82, 2.24) is 4.98 Å². The summed E-state index contributed by atoms with van der Waals surface area (Å²) in [5.74, 6) is -1.01. The molecule has 6 nitrogen and oxygen atoms in total. The molecule has 24 heavy (non-hydrogen) atoms. The Bertz CT molecular complexity index is 919. The van der Waals surface area contributed by atoms with Crippen LogP contribution in [0.15, 0.2) is 54.6 Å². The quantitative estimate of drug-likeness (QED) is 0.593. The molecular formula is C17H16NO5P. The number of para-hydroxylation sites is 1. The van der Waals surface area contributed by atoms with Crippen molar-refractivity contribution in [3.63, 3.8) is 0 Å². The minimum Gasteiger partial charge on any atom is -0.481 e. The molecule has 0 bridgehead atoms. The zero-order chi connectivity index (χ0) is 17.2. The molecule has 0 spiro atoms. The molecular weight excluding hydrogens is 329 g/mol. The van der Waals surface area contributed by atoms with E-state index < -0.39 is 13.6 Å². The van der Waals surface area contributed by atoms with Crippen molar-refractivity contribution in [1.29, 1.82) is 0 Å². The molecule has 3 rings (SSSR count).